The molecule has 0 aliphatic carbocycles. The van der Waals surface area contributed by atoms with Gasteiger partial charge in [0.05, 0.1) is 6.61 Å². The van der Waals surface area contributed by atoms with Gasteiger partial charge < -0.3 is 14.9 Å². The highest BCUT2D eigenvalue weighted by Crippen LogP contribution is 2.16. The van der Waals surface area contributed by atoms with E-state index >= 15 is 0 Å². The van der Waals surface area contributed by atoms with E-state index in [1.54, 1.807) is 25.1 Å². The van der Waals surface area contributed by atoms with Gasteiger partial charge in [-0.3, -0.25) is 0 Å². The van der Waals surface area contributed by atoms with Gasteiger partial charge in [0, 0.05) is 0 Å². The van der Waals surface area contributed by atoms with Crippen molar-refractivity contribution < 1.29 is 19.7 Å². The second kappa shape index (κ2) is 5.92. The number of aliphatic hydroxyl groups excluding tert-OH is 1. The Labute approximate surface area is 93.8 Å². The molecule has 4 nitrogen and oxygen atoms in total. The number of aliphatic hydroxyl groups is 1. The van der Waals surface area contributed by atoms with Gasteiger partial charge in [0.2, 0.25) is 0 Å². The number of para-hydroxylation sites is 1. The van der Waals surface area contributed by atoms with Crippen molar-refractivity contribution >= 4 is 5.97 Å². The van der Waals surface area contributed by atoms with Crippen molar-refractivity contribution in [3.8, 4) is 5.75 Å². The molecular formula is C12H14O4. The minimum atomic E-state index is -0.583. The van der Waals surface area contributed by atoms with Crippen LogP contribution in [0.25, 0.3) is 0 Å². The number of aromatic hydroxyl groups is 1. The number of benzene rings is 1. The molecule has 0 heterocycles. The lowest BCUT2D eigenvalue weighted by molar-refractivity contribution is 0.0545. The Morgan fingerprint density at radius 1 is 1.44 bits per heavy atom. The number of hydrogen-bond acceptors (Lipinski definition) is 4. The highest BCUT2D eigenvalue weighted by atomic mass is 16.5. The van der Waals surface area contributed by atoms with E-state index < -0.39 is 5.97 Å². The number of carbonyl (C=O) groups is 1. The topological polar surface area (TPSA) is 66.8 Å². The quantitative estimate of drug-likeness (QED) is 0.598. The molecule has 0 bridgehead atoms. The SMILES string of the molecule is C/C(=C\COC(=O)c1ccccc1O)CO. The Morgan fingerprint density at radius 3 is 2.75 bits per heavy atom. The second-order valence-corrected chi connectivity index (χ2v) is 3.32. The van der Waals surface area contributed by atoms with Crippen LogP contribution in [-0.2, 0) is 4.74 Å². The van der Waals surface area contributed by atoms with Crippen LogP contribution in [0.15, 0.2) is 35.9 Å². The number of rotatable bonds is 4. The summed E-state index contributed by atoms with van der Waals surface area (Å²) in [6.45, 7) is 1.75. The van der Waals surface area contributed by atoms with E-state index in [1.165, 1.54) is 12.1 Å². The maximum Gasteiger partial charge on any atom is 0.342 e. The molecule has 0 aromatic heterocycles. The fourth-order valence-corrected chi connectivity index (χ4v) is 1.05. The number of carbonyl (C=O) groups excluding carboxylic acids is 1. The van der Waals surface area contributed by atoms with Crippen molar-refractivity contribution in [3.63, 3.8) is 0 Å². The first-order valence-corrected chi connectivity index (χ1v) is 4.86. The molecule has 0 saturated heterocycles. The Balaban J connectivity index is 2.57. The van der Waals surface area contributed by atoms with Gasteiger partial charge in [-0.25, -0.2) is 4.79 Å². The molecule has 0 radical (unpaired) electrons. The normalized spacial score (nSPS) is 11.2. The molecule has 0 amide bonds. The monoisotopic (exact) mass is 222 g/mol. The molecule has 1 aromatic carbocycles. The maximum atomic E-state index is 11.5. The summed E-state index contributed by atoms with van der Waals surface area (Å²) in [4.78, 5) is 11.5. The zero-order valence-electron chi connectivity index (χ0n) is 9.01. The Hall–Kier alpha value is -1.81. The summed E-state index contributed by atoms with van der Waals surface area (Å²) in [5.41, 5.74) is 0.864. The van der Waals surface area contributed by atoms with Crippen LogP contribution in [0.4, 0.5) is 0 Å². The van der Waals surface area contributed by atoms with Gasteiger partial charge in [-0.2, -0.15) is 0 Å². The van der Waals surface area contributed by atoms with Gasteiger partial charge in [-0.05, 0) is 30.7 Å². The molecule has 4 heteroatoms. The Kier molecular flexibility index (Phi) is 4.54. The average molecular weight is 222 g/mol. The van der Waals surface area contributed by atoms with Gasteiger partial charge in [-0.15, -0.1) is 0 Å². The van der Waals surface area contributed by atoms with E-state index in [4.69, 9.17) is 9.84 Å². The standard InChI is InChI=1S/C12H14O4/c1-9(8-13)6-7-16-12(15)10-4-2-3-5-11(10)14/h2-6,13-14H,7-8H2,1H3/b9-6+. The maximum absolute atomic E-state index is 11.5. The molecular weight excluding hydrogens is 208 g/mol. The number of hydrogen-bond donors (Lipinski definition) is 2. The number of phenolic OH excluding ortho intramolecular Hbond substituents is 1. The van der Waals surface area contributed by atoms with Crippen LogP contribution in [0, 0.1) is 0 Å². The van der Waals surface area contributed by atoms with E-state index in [9.17, 15) is 9.90 Å². The summed E-state index contributed by atoms with van der Waals surface area (Å²) in [5, 5.41) is 18.1. The molecule has 0 aliphatic heterocycles. The van der Waals surface area contributed by atoms with Crippen LogP contribution >= 0.6 is 0 Å². The van der Waals surface area contributed by atoms with Gasteiger partial charge in [-0.1, -0.05) is 12.1 Å². The second-order valence-electron chi connectivity index (χ2n) is 3.32. The zero-order valence-corrected chi connectivity index (χ0v) is 9.01. The van der Waals surface area contributed by atoms with E-state index in [0.29, 0.717) is 0 Å². The molecule has 0 saturated carbocycles. The third-order valence-electron chi connectivity index (χ3n) is 2.02. The first-order chi connectivity index (χ1) is 7.65. The lowest BCUT2D eigenvalue weighted by atomic mass is 10.2. The molecule has 86 valence electrons. The third-order valence-corrected chi connectivity index (χ3v) is 2.02. The van der Waals surface area contributed by atoms with Gasteiger partial charge in [0.15, 0.2) is 0 Å². The molecule has 0 fully saturated rings. The summed E-state index contributed by atoms with van der Waals surface area (Å²) >= 11 is 0. The predicted octanol–water partition coefficient (Wildman–Crippen LogP) is 1.49. The van der Waals surface area contributed by atoms with Crippen LogP contribution in [-0.4, -0.2) is 29.4 Å². The minimum absolute atomic E-state index is 0.0614. The van der Waals surface area contributed by atoms with E-state index in [-0.39, 0.29) is 24.5 Å². The summed E-state index contributed by atoms with van der Waals surface area (Å²) in [5.74, 6) is -0.685. The van der Waals surface area contributed by atoms with Crippen molar-refractivity contribution in [3.05, 3.63) is 41.5 Å². The largest absolute Gasteiger partial charge is 0.507 e. The van der Waals surface area contributed by atoms with E-state index in [1.807, 2.05) is 0 Å². The lowest BCUT2D eigenvalue weighted by Gasteiger charge is -2.04. The molecule has 0 atom stereocenters. The van der Waals surface area contributed by atoms with Crippen LogP contribution in [0.3, 0.4) is 0 Å². The lowest BCUT2D eigenvalue weighted by Crippen LogP contribution is -2.05. The van der Waals surface area contributed by atoms with Crippen molar-refractivity contribution in [2.75, 3.05) is 13.2 Å². The predicted molar refractivity (Wildman–Crippen MR) is 59.2 cm³/mol. The number of phenols is 1. The average Bonchev–Trinajstić information content (AvgIpc) is 2.29. The summed E-state index contributed by atoms with van der Waals surface area (Å²) in [6.07, 6.45) is 1.61. The first-order valence-electron chi connectivity index (χ1n) is 4.86. The van der Waals surface area contributed by atoms with Gasteiger partial charge >= 0.3 is 5.97 Å². The fraction of sp³-hybridized carbons (Fsp3) is 0.250. The number of ether oxygens (including phenoxy) is 1. The van der Waals surface area contributed by atoms with Crippen LogP contribution < -0.4 is 0 Å². The van der Waals surface area contributed by atoms with Crippen molar-refractivity contribution in [2.45, 2.75) is 6.92 Å². The molecule has 1 aromatic rings. The van der Waals surface area contributed by atoms with Crippen molar-refractivity contribution in [1.29, 1.82) is 0 Å². The minimum Gasteiger partial charge on any atom is -0.507 e. The third kappa shape index (κ3) is 3.40. The Bertz CT molecular complexity index is 396. The molecule has 2 N–H and O–H groups in total. The molecule has 0 aliphatic rings. The Morgan fingerprint density at radius 2 is 2.12 bits per heavy atom. The van der Waals surface area contributed by atoms with Crippen LogP contribution in [0.1, 0.15) is 17.3 Å². The summed E-state index contributed by atoms with van der Waals surface area (Å²) in [7, 11) is 0. The van der Waals surface area contributed by atoms with Crippen LogP contribution in [0.5, 0.6) is 5.75 Å². The smallest absolute Gasteiger partial charge is 0.342 e. The summed E-state index contributed by atoms with van der Waals surface area (Å²) < 4.78 is 4.89. The first kappa shape index (κ1) is 12.3. The number of esters is 1. The highest BCUT2D eigenvalue weighted by molar-refractivity contribution is 5.92. The van der Waals surface area contributed by atoms with E-state index in [0.717, 1.165) is 5.57 Å². The molecule has 16 heavy (non-hydrogen) atoms. The van der Waals surface area contributed by atoms with Gasteiger partial charge in [0.25, 0.3) is 0 Å². The van der Waals surface area contributed by atoms with E-state index in [2.05, 4.69) is 0 Å². The van der Waals surface area contributed by atoms with Crippen molar-refractivity contribution in [1.82, 2.24) is 0 Å². The highest BCUT2D eigenvalue weighted by Gasteiger charge is 2.10. The zero-order chi connectivity index (χ0) is 12.0. The van der Waals surface area contributed by atoms with Crippen molar-refractivity contribution in [2.24, 2.45) is 0 Å². The molecule has 0 unspecified atom stereocenters. The fourth-order valence-electron chi connectivity index (χ4n) is 1.05. The summed E-state index contributed by atoms with van der Waals surface area (Å²) in [6, 6.07) is 6.18. The van der Waals surface area contributed by atoms with Crippen LogP contribution in [0.2, 0.25) is 0 Å². The molecule has 0 spiro atoms. The molecule has 1 rings (SSSR count). The van der Waals surface area contributed by atoms with Gasteiger partial charge in [0.1, 0.15) is 17.9 Å².